The van der Waals surface area contributed by atoms with Crippen molar-refractivity contribution in [2.45, 2.75) is 4.90 Å². The molecule has 0 bridgehead atoms. The third-order valence-electron chi connectivity index (χ3n) is 1.35. The molecule has 0 fully saturated rings. The van der Waals surface area contributed by atoms with Gasteiger partial charge in [-0.2, -0.15) is 8.42 Å². The second kappa shape index (κ2) is 5.77. The predicted octanol–water partition coefficient (Wildman–Crippen LogP) is 2.14. The van der Waals surface area contributed by atoms with E-state index >= 15 is 0 Å². The van der Waals surface area contributed by atoms with Gasteiger partial charge in [0.2, 0.25) is 0 Å². The van der Waals surface area contributed by atoms with E-state index in [2.05, 4.69) is 0 Å². The lowest BCUT2D eigenvalue weighted by atomic mass is 10.3. The lowest BCUT2D eigenvalue weighted by Gasteiger charge is -1.94. The Kier molecular flexibility index (Phi) is 5.23. The Balaban J connectivity index is 0.000000494. The number of benzene rings is 1. The second-order valence-corrected chi connectivity index (χ2v) is 4.14. The van der Waals surface area contributed by atoms with Crippen LogP contribution >= 0.6 is 0 Å². The van der Waals surface area contributed by atoms with Crippen LogP contribution in [0.4, 0.5) is 23.0 Å². The van der Waals surface area contributed by atoms with Crippen LogP contribution in [0, 0.1) is 10.1 Å². The molecule has 0 saturated carbocycles. The molecule has 12 heteroatoms. The minimum atomic E-state index is -6.00. The van der Waals surface area contributed by atoms with Crippen molar-refractivity contribution >= 4 is 23.1 Å². The molecule has 6 nitrogen and oxygen atoms in total. The summed E-state index contributed by atoms with van der Waals surface area (Å²) < 4.78 is 68.5. The van der Waals surface area contributed by atoms with E-state index in [9.17, 15) is 35.8 Å². The fourth-order valence-corrected chi connectivity index (χ4v) is 1.22. The van der Waals surface area contributed by atoms with Gasteiger partial charge in [0.15, 0.2) is 0 Å². The topological polar surface area (TPSA) is 97.5 Å². The van der Waals surface area contributed by atoms with Gasteiger partial charge < -0.3 is 17.3 Å². The van der Waals surface area contributed by atoms with Crippen LogP contribution in [-0.4, -0.2) is 25.1 Å². The van der Waals surface area contributed by atoms with Crippen LogP contribution in [-0.2, 0) is 10.1 Å². The first kappa shape index (κ1) is 16.3. The largest absolute Gasteiger partial charge is 0.673 e. The molecule has 0 aliphatic rings. The highest BCUT2D eigenvalue weighted by Gasteiger charge is 2.20. The van der Waals surface area contributed by atoms with Crippen molar-refractivity contribution in [1.29, 1.82) is 0 Å². The van der Waals surface area contributed by atoms with Crippen molar-refractivity contribution in [3.05, 3.63) is 34.4 Å². The van der Waals surface area contributed by atoms with E-state index < -0.39 is 22.3 Å². The summed E-state index contributed by atoms with van der Waals surface area (Å²) in [5.41, 5.74) is -0.229. The summed E-state index contributed by atoms with van der Waals surface area (Å²) in [6.07, 6.45) is 0. The van der Waals surface area contributed by atoms with Gasteiger partial charge in [0, 0.05) is 12.1 Å². The molecular weight excluding hydrogens is 285 g/mol. The van der Waals surface area contributed by atoms with Crippen molar-refractivity contribution in [2.75, 3.05) is 0 Å². The summed E-state index contributed by atoms with van der Waals surface area (Å²) in [7, 11) is -10.3. The first-order valence-electron chi connectivity index (χ1n) is 4.00. The Bertz CT molecular complexity index is 508. The summed E-state index contributed by atoms with van der Waals surface area (Å²) in [4.78, 5) is 9.13. The summed E-state index contributed by atoms with van der Waals surface area (Å²) in [5.74, 6) is 0. The zero-order valence-electron chi connectivity index (χ0n) is 8.33. The molecule has 1 aromatic rings. The third-order valence-corrected chi connectivity index (χ3v) is 2.21. The van der Waals surface area contributed by atoms with Crippen LogP contribution in [0.5, 0.6) is 0 Å². The molecule has 0 aliphatic carbocycles. The number of hydrogen-bond acceptors (Lipinski definition) is 4. The van der Waals surface area contributed by atoms with Crippen molar-refractivity contribution in [3.8, 4) is 0 Å². The van der Waals surface area contributed by atoms with E-state index in [1.165, 1.54) is 0 Å². The quantitative estimate of drug-likeness (QED) is 0.296. The Labute approximate surface area is 98.2 Å². The molecule has 1 N–H and O–H groups in total. The van der Waals surface area contributed by atoms with Crippen LogP contribution in [0.3, 0.4) is 0 Å². The van der Waals surface area contributed by atoms with E-state index in [0.717, 1.165) is 24.3 Å². The van der Waals surface area contributed by atoms with Crippen LogP contribution in [0.15, 0.2) is 29.2 Å². The number of nitro benzene ring substituents is 1. The minimum absolute atomic E-state index is 0.229. The predicted molar refractivity (Wildman–Crippen MR) is 53.1 cm³/mol. The highest BCUT2D eigenvalue weighted by atomic mass is 32.2. The average Bonchev–Trinajstić information content (AvgIpc) is 2.14. The molecule has 0 aliphatic heterocycles. The number of rotatable bonds is 2. The Morgan fingerprint density at radius 2 is 1.44 bits per heavy atom. The number of halogens is 4. The number of hydrogen-bond donors (Lipinski definition) is 1. The van der Waals surface area contributed by atoms with Crippen molar-refractivity contribution in [1.82, 2.24) is 0 Å². The van der Waals surface area contributed by atoms with E-state index in [4.69, 9.17) is 4.55 Å². The van der Waals surface area contributed by atoms with E-state index in [0.29, 0.717) is 0 Å². The number of nitro groups is 1. The van der Waals surface area contributed by atoms with Gasteiger partial charge in [-0.05, 0) is 12.1 Å². The molecule has 102 valence electrons. The SMILES string of the molecule is F[B-](F)(F)F.O=[N+]([O-])c1ccc(S(=O)(=O)O)cc1. The molecule has 0 atom stereocenters. The van der Waals surface area contributed by atoms with E-state index in [-0.39, 0.29) is 10.6 Å². The van der Waals surface area contributed by atoms with E-state index in [1.54, 1.807) is 0 Å². The summed E-state index contributed by atoms with van der Waals surface area (Å²) >= 11 is 0. The van der Waals surface area contributed by atoms with Gasteiger partial charge in [-0.25, -0.2) is 0 Å². The standard InChI is InChI=1S/C6H5NO5S.BF4/c8-7(9)5-1-3-6(4-2-5)13(10,11)12;2-1(3,4)5/h1-4H,(H,10,11,12);/q;-1. The molecule has 1 rings (SSSR count). The third kappa shape index (κ3) is 7.57. The van der Waals surface area contributed by atoms with Gasteiger partial charge in [0.25, 0.3) is 15.8 Å². The molecule has 0 radical (unpaired) electrons. The number of nitrogens with zero attached hydrogens (tertiary/aromatic N) is 1. The molecule has 0 aromatic heterocycles. The lowest BCUT2D eigenvalue weighted by Crippen LogP contribution is -2.02. The molecule has 0 saturated heterocycles. The Morgan fingerprint density at radius 1 is 1.11 bits per heavy atom. The van der Waals surface area contributed by atoms with Crippen LogP contribution in [0.2, 0.25) is 0 Å². The first-order chi connectivity index (χ1) is 7.91. The number of non-ortho nitro benzene ring substituents is 1. The van der Waals surface area contributed by atoms with Gasteiger partial charge in [-0.15, -0.1) is 0 Å². The first-order valence-corrected chi connectivity index (χ1v) is 5.44. The molecule has 1 aromatic carbocycles. The maximum absolute atomic E-state index is 10.5. The van der Waals surface area contributed by atoms with Crippen molar-refractivity contribution in [3.63, 3.8) is 0 Å². The lowest BCUT2D eigenvalue weighted by molar-refractivity contribution is -0.384. The Hall–Kier alpha value is -1.69. The Morgan fingerprint density at radius 3 is 1.67 bits per heavy atom. The summed E-state index contributed by atoms with van der Waals surface area (Å²) in [6.45, 7) is 0. The monoisotopic (exact) mass is 290 g/mol. The molecular formula is C6H5BF4NO5S-. The van der Waals surface area contributed by atoms with Crippen molar-refractivity contribution < 1.29 is 35.2 Å². The fourth-order valence-electron chi connectivity index (χ4n) is 0.740. The zero-order chi connectivity index (χ0) is 14.6. The van der Waals surface area contributed by atoms with Crippen LogP contribution < -0.4 is 0 Å². The molecule has 18 heavy (non-hydrogen) atoms. The zero-order valence-corrected chi connectivity index (χ0v) is 9.15. The van der Waals surface area contributed by atoms with Gasteiger partial charge in [0.05, 0.1) is 9.82 Å². The van der Waals surface area contributed by atoms with Gasteiger partial charge in [-0.3, -0.25) is 14.7 Å². The van der Waals surface area contributed by atoms with Crippen LogP contribution in [0.1, 0.15) is 0 Å². The molecule has 0 heterocycles. The highest BCUT2D eigenvalue weighted by molar-refractivity contribution is 7.85. The summed E-state index contributed by atoms with van der Waals surface area (Å²) in [6, 6.07) is 3.94. The van der Waals surface area contributed by atoms with Crippen molar-refractivity contribution in [2.24, 2.45) is 0 Å². The normalized spacial score (nSPS) is 11.4. The second-order valence-electron chi connectivity index (χ2n) is 2.72. The van der Waals surface area contributed by atoms with Gasteiger partial charge in [0.1, 0.15) is 0 Å². The van der Waals surface area contributed by atoms with E-state index in [1.807, 2.05) is 0 Å². The smallest absolute Gasteiger partial charge is 0.418 e. The molecule has 0 amide bonds. The highest BCUT2D eigenvalue weighted by Crippen LogP contribution is 2.14. The molecule has 0 unspecified atom stereocenters. The van der Waals surface area contributed by atoms with Crippen LogP contribution in [0.25, 0.3) is 0 Å². The van der Waals surface area contributed by atoms with Gasteiger partial charge >= 0.3 is 7.25 Å². The molecule has 0 spiro atoms. The fraction of sp³-hybridized carbons (Fsp3) is 0. The maximum atomic E-state index is 10.5. The summed E-state index contributed by atoms with van der Waals surface area (Å²) in [5, 5.41) is 10.2. The average molecular weight is 290 g/mol. The maximum Gasteiger partial charge on any atom is 0.673 e. The minimum Gasteiger partial charge on any atom is -0.418 e. The van der Waals surface area contributed by atoms with Gasteiger partial charge in [-0.1, -0.05) is 0 Å².